The summed E-state index contributed by atoms with van der Waals surface area (Å²) in [4.78, 5) is 4.66. The Morgan fingerprint density at radius 1 is 1.25 bits per heavy atom. The molecule has 2 aromatic rings. The SMILES string of the molecule is O/N=C1\CCC=CCC[C@@H]1Sc1nc2ccccc2s1. The number of fused-ring (bicyclic) bond motifs is 1. The lowest BCUT2D eigenvalue weighted by molar-refractivity contribution is 0.316. The second-order valence-electron chi connectivity index (χ2n) is 4.73. The quantitative estimate of drug-likeness (QED) is 0.496. The van der Waals surface area contributed by atoms with Crippen molar-refractivity contribution in [2.45, 2.75) is 35.3 Å². The fraction of sp³-hybridized carbons (Fsp3) is 0.333. The molecule has 5 heteroatoms. The maximum absolute atomic E-state index is 9.23. The molecule has 0 amide bonds. The van der Waals surface area contributed by atoms with Gasteiger partial charge in [-0.3, -0.25) is 0 Å². The highest BCUT2D eigenvalue weighted by Crippen LogP contribution is 2.35. The summed E-state index contributed by atoms with van der Waals surface area (Å²) in [6.07, 6.45) is 8.20. The highest BCUT2D eigenvalue weighted by Gasteiger charge is 2.20. The van der Waals surface area contributed by atoms with Gasteiger partial charge in [0.05, 0.1) is 21.2 Å². The Bertz CT molecular complexity index is 615. The lowest BCUT2D eigenvalue weighted by Gasteiger charge is -2.17. The highest BCUT2D eigenvalue weighted by molar-refractivity contribution is 8.02. The zero-order valence-corrected chi connectivity index (χ0v) is 12.7. The smallest absolute Gasteiger partial charge is 0.151 e. The Morgan fingerprint density at radius 3 is 2.95 bits per heavy atom. The molecule has 3 rings (SSSR count). The molecule has 104 valence electrons. The van der Waals surface area contributed by atoms with Gasteiger partial charge in [-0.15, -0.1) is 11.3 Å². The van der Waals surface area contributed by atoms with Gasteiger partial charge in [-0.1, -0.05) is 41.2 Å². The molecule has 20 heavy (non-hydrogen) atoms. The minimum atomic E-state index is 0.227. The Hall–Kier alpha value is -1.33. The molecule has 1 heterocycles. The van der Waals surface area contributed by atoms with Crippen LogP contribution in [-0.2, 0) is 0 Å². The van der Waals surface area contributed by atoms with E-state index in [2.05, 4.69) is 28.4 Å². The van der Waals surface area contributed by atoms with Crippen molar-refractivity contribution in [3.05, 3.63) is 36.4 Å². The summed E-state index contributed by atoms with van der Waals surface area (Å²) in [6, 6.07) is 8.19. The predicted octanol–water partition coefficient (Wildman–Crippen LogP) is 4.72. The fourth-order valence-corrected chi connectivity index (χ4v) is 4.76. The van der Waals surface area contributed by atoms with Crippen molar-refractivity contribution >= 4 is 39.0 Å². The molecule has 1 N–H and O–H groups in total. The van der Waals surface area contributed by atoms with Crippen LogP contribution < -0.4 is 0 Å². The molecule has 1 aliphatic rings. The molecule has 0 saturated heterocycles. The van der Waals surface area contributed by atoms with Crippen LogP contribution in [0.15, 0.2) is 45.9 Å². The van der Waals surface area contributed by atoms with Crippen LogP contribution in [0.25, 0.3) is 10.2 Å². The number of allylic oxidation sites excluding steroid dienone is 2. The topological polar surface area (TPSA) is 45.5 Å². The zero-order chi connectivity index (χ0) is 13.8. The third kappa shape index (κ3) is 3.04. The van der Waals surface area contributed by atoms with E-state index in [1.54, 1.807) is 23.1 Å². The van der Waals surface area contributed by atoms with Crippen molar-refractivity contribution in [2.24, 2.45) is 5.16 Å². The Kier molecular flexibility index (Phi) is 4.38. The molecule has 1 aromatic heterocycles. The average molecular weight is 304 g/mol. The number of rotatable bonds is 2. The molecule has 0 saturated carbocycles. The number of thioether (sulfide) groups is 1. The number of thiazole rings is 1. The van der Waals surface area contributed by atoms with Crippen molar-refractivity contribution in [3.8, 4) is 0 Å². The Balaban J connectivity index is 1.82. The molecule has 1 aliphatic carbocycles. The first-order valence-corrected chi connectivity index (χ1v) is 8.44. The van der Waals surface area contributed by atoms with E-state index in [-0.39, 0.29) is 5.25 Å². The summed E-state index contributed by atoms with van der Waals surface area (Å²) < 4.78 is 2.27. The Morgan fingerprint density at radius 2 is 2.10 bits per heavy atom. The number of hydrogen-bond acceptors (Lipinski definition) is 5. The van der Waals surface area contributed by atoms with Crippen molar-refractivity contribution in [2.75, 3.05) is 0 Å². The molecule has 0 fully saturated rings. The molecule has 3 nitrogen and oxygen atoms in total. The highest BCUT2D eigenvalue weighted by atomic mass is 32.2. The van der Waals surface area contributed by atoms with E-state index in [1.807, 2.05) is 18.2 Å². The number of oxime groups is 1. The van der Waals surface area contributed by atoms with E-state index < -0.39 is 0 Å². The van der Waals surface area contributed by atoms with Gasteiger partial charge >= 0.3 is 0 Å². The van der Waals surface area contributed by atoms with Crippen LogP contribution in [-0.4, -0.2) is 21.2 Å². The van der Waals surface area contributed by atoms with Gasteiger partial charge in [-0.25, -0.2) is 4.98 Å². The third-order valence-electron chi connectivity index (χ3n) is 3.35. The van der Waals surface area contributed by atoms with Gasteiger partial charge in [-0.2, -0.15) is 0 Å². The number of benzene rings is 1. The van der Waals surface area contributed by atoms with Crippen molar-refractivity contribution in [1.29, 1.82) is 0 Å². The van der Waals surface area contributed by atoms with Crippen LogP contribution in [0, 0.1) is 0 Å². The molecule has 1 aromatic carbocycles. The minimum Gasteiger partial charge on any atom is -0.411 e. The van der Waals surface area contributed by atoms with Crippen LogP contribution in [0.5, 0.6) is 0 Å². The number of para-hydroxylation sites is 1. The molecule has 0 spiro atoms. The van der Waals surface area contributed by atoms with Gasteiger partial charge in [0.2, 0.25) is 0 Å². The maximum Gasteiger partial charge on any atom is 0.151 e. The van der Waals surface area contributed by atoms with E-state index in [0.717, 1.165) is 41.3 Å². The maximum atomic E-state index is 9.23. The van der Waals surface area contributed by atoms with E-state index >= 15 is 0 Å². The van der Waals surface area contributed by atoms with Crippen molar-refractivity contribution in [3.63, 3.8) is 0 Å². The second kappa shape index (κ2) is 6.41. The van der Waals surface area contributed by atoms with E-state index in [4.69, 9.17) is 0 Å². The molecule has 1 atom stereocenters. The van der Waals surface area contributed by atoms with Gasteiger partial charge in [0, 0.05) is 0 Å². The number of aromatic nitrogens is 1. The van der Waals surface area contributed by atoms with Crippen LogP contribution in [0.3, 0.4) is 0 Å². The molecule has 0 unspecified atom stereocenters. The summed E-state index contributed by atoms with van der Waals surface area (Å²) in [5, 5.41) is 13.0. The van der Waals surface area contributed by atoms with Crippen LogP contribution in [0.1, 0.15) is 25.7 Å². The second-order valence-corrected chi connectivity index (χ2v) is 7.21. The van der Waals surface area contributed by atoms with E-state index in [0.29, 0.717) is 0 Å². The summed E-state index contributed by atoms with van der Waals surface area (Å²) >= 11 is 3.44. The first-order chi connectivity index (χ1) is 9.86. The van der Waals surface area contributed by atoms with Gasteiger partial charge < -0.3 is 5.21 Å². The normalized spacial score (nSPS) is 22.0. The van der Waals surface area contributed by atoms with Gasteiger partial charge in [0.15, 0.2) is 4.34 Å². The predicted molar refractivity (Wildman–Crippen MR) is 86.1 cm³/mol. The molecule has 0 bridgehead atoms. The number of hydrogen-bond donors (Lipinski definition) is 1. The minimum absolute atomic E-state index is 0.227. The monoisotopic (exact) mass is 304 g/mol. The first kappa shape index (κ1) is 13.6. The summed E-state index contributed by atoms with van der Waals surface area (Å²) in [5.41, 5.74) is 1.94. The lowest BCUT2D eigenvalue weighted by Crippen LogP contribution is -2.18. The largest absolute Gasteiger partial charge is 0.411 e. The van der Waals surface area contributed by atoms with Gasteiger partial charge in [0.1, 0.15) is 0 Å². The lowest BCUT2D eigenvalue weighted by atomic mass is 10.0. The van der Waals surface area contributed by atoms with Gasteiger partial charge in [-0.05, 0) is 37.8 Å². The fourth-order valence-electron chi connectivity index (χ4n) is 2.31. The molecule has 0 radical (unpaired) electrons. The molecule has 0 aliphatic heterocycles. The van der Waals surface area contributed by atoms with E-state index in [1.165, 1.54) is 4.70 Å². The van der Waals surface area contributed by atoms with E-state index in [9.17, 15) is 5.21 Å². The van der Waals surface area contributed by atoms with Crippen molar-refractivity contribution in [1.82, 2.24) is 4.98 Å². The standard InChI is InChI=1S/C15H16N2OS2/c18-17-12-8-3-1-2-4-9-14(12)20-15-16-11-7-5-6-10-13(11)19-15/h1-2,5-7,10,14,18H,3-4,8-9H2/b2-1?,17-12+/t14-/m0/s1. The van der Waals surface area contributed by atoms with Crippen LogP contribution in [0.2, 0.25) is 0 Å². The average Bonchev–Trinajstić information content (AvgIpc) is 2.84. The summed E-state index contributed by atoms with van der Waals surface area (Å²) in [6.45, 7) is 0. The van der Waals surface area contributed by atoms with Crippen LogP contribution >= 0.6 is 23.1 Å². The Labute approximate surface area is 126 Å². The van der Waals surface area contributed by atoms with Crippen molar-refractivity contribution < 1.29 is 5.21 Å². The summed E-state index contributed by atoms with van der Waals surface area (Å²) in [7, 11) is 0. The summed E-state index contributed by atoms with van der Waals surface area (Å²) in [5.74, 6) is 0. The molecular weight excluding hydrogens is 288 g/mol. The third-order valence-corrected chi connectivity index (χ3v) is 5.80. The zero-order valence-electron chi connectivity index (χ0n) is 11.0. The molecular formula is C15H16N2OS2. The number of nitrogens with zero attached hydrogens (tertiary/aromatic N) is 2. The van der Waals surface area contributed by atoms with Gasteiger partial charge in [0.25, 0.3) is 0 Å². The van der Waals surface area contributed by atoms with Crippen LogP contribution in [0.4, 0.5) is 0 Å². The first-order valence-electron chi connectivity index (χ1n) is 6.75.